The second kappa shape index (κ2) is 9.94. The lowest BCUT2D eigenvalue weighted by molar-refractivity contribution is -0.159. The average molecular weight is 485 g/mol. The maximum atomic E-state index is 12.9. The molecule has 0 spiro atoms. The van der Waals surface area contributed by atoms with Crippen molar-refractivity contribution in [3.05, 3.63) is 71.1 Å². The molecule has 2 heterocycles. The molecule has 1 atom stereocenters. The number of aromatic nitrogens is 2. The zero-order valence-corrected chi connectivity index (χ0v) is 18.1. The van der Waals surface area contributed by atoms with E-state index in [2.05, 4.69) is 20.0 Å². The molecule has 3 aromatic rings. The molecular weight excluding hydrogens is 467 g/mol. The quantitative estimate of drug-likeness (QED) is 0.590. The van der Waals surface area contributed by atoms with Gasteiger partial charge in [0.25, 0.3) is 11.8 Å². The van der Waals surface area contributed by atoms with Crippen LogP contribution in [0.3, 0.4) is 0 Å². The van der Waals surface area contributed by atoms with Gasteiger partial charge in [0.15, 0.2) is 0 Å². The van der Waals surface area contributed by atoms with Crippen LogP contribution in [-0.4, -0.2) is 59.2 Å². The second-order valence-electron chi connectivity index (χ2n) is 7.62. The van der Waals surface area contributed by atoms with Crippen LogP contribution in [-0.2, 0) is 10.9 Å². The van der Waals surface area contributed by atoms with Gasteiger partial charge < -0.3 is 19.5 Å². The van der Waals surface area contributed by atoms with E-state index >= 15 is 0 Å². The molecule has 12 heteroatoms. The molecule has 0 bridgehead atoms. The van der Waals surface area contributed by atoms with Crippen molar-refractivity contribution in [3.8, 4) is 17.5 Å². The molecule has 2 amide bonds. The van der Waals surface area contributed by atoms with E-state index < -0.39 is 24.0 Å². The first-order valence-electron chi connectivity index (χ1n) is 10.4. The summed E-state index contributed by atoms with van der Waals surface area (Å²) < 4.78 is 47.6. The molecular formula is C23H18F3N5O4. The molecule has 1 saturated heterocycles. The maximum Gasteiger partial charge on any atom is 0.471 e. The van der Waals surface area contributed by atoms with Crippen LogP contribution in [0.4, 0.5) is 13.2 Å². The first-order valence-corrected chi connectivity index (χ1v) is 10.4. The van der Waals surface area contributed by atoms with E-state index in [1.54, 1.807) is 29.2 Å². The van der Waals surface area contributed by atoms with Gasteiger partial charge in [0.05, 0.1) is 30.9 Å². The number of amides is 2. The summed E-state index contributed by atoms with van der Waals surface area (Å²) in [5, 5.41) is 15.0. The van der Waals surface area contributed by atoms with Gasteiger partial charge in [-0.1, -0.05) is 17.3 Å². The molecule has 0 unspecified atom stereocenters. The lowest BCUT2D eigenvalue weighted by atomic mass is 10.1. The topological polar surface area (TPSA) is 121 Å². The molecule has 1 aliphatic heterocycles. The lowest BCUT2D eigenvalue weighted by Gasteiger charge is -2.35. The predicted molar refractivity (Wildman–Crippen MR) is 114 cm³/mol. The van der Waals surface area contributed by atoms with Crippen LogP contribution < -0.4 is 5.32 Å². The van der Waals surface area contributed by atoms with E-state index in [1.807, 2.05) is 6.07 Å². The van der Waals surface area contributed by atoms with Crippen molar-refractivity contribution in [2.75, 3.05) is 26.3 Å². The number of carbonyl (C=O) groups is 2. The standard InChI is InChI=1S/C23H18F3N5O4/c24-23(25,26)22-29-19(30-35-22)15-5-7-16(8-6-15)20(32)28-12-18-13-34-10-9-31(18)21(33)17-3-1-14(11-27)2-4-17/h1-8,18H,9-10,12-13H2,(H,28,32)/t18-/m1/s1. The summed E-state index contributed by atoms with van der Waals surface area (Å²) in [5.41, 5.74) is 1.38. The Bertz CT molecular complexity index is 1250. The second-order valence-corrected chi connectivity index (χ2v) is 7.62. The monoisotopic (exact) mass is 485 g/mol. The lowest BCUT2D eigenvalue weighted by Crippen LogP contribution is -2.53. The fourth-order valence-electron chi connectivity index (χ4n) is 3.48. The Morgan fingerprint density at radius 2 is 1.80 bits per heavy atom. The fraction of sp³-hybridized carbons (Fsp3) is 0.261. The van der Waals surface area contributed by atoms with Crippen LogP contribution in [0.2, 0.25) is 0 Å². The van der Waals surface area contributed by atoms with Gasteiger partial charge in [-0.25, -0.2) is 0 Å². The highest BCUT2D eigenvalue weighted by atomic mass is 19.4. The average Bonchev–Trinajstić information content (AvgIpc) is 3.38. The molecule has 9 nitrogen and oxygen atoms in total. The summed E-state index contributed by atoms with van der Waals surface area (Å²) in [7, 11) is 0. The number of nitriles is 1. The summed E-state index contributed by atoms with van der Waals surface area (Å²) in [4.78, 5) is 30.5. The van der Waals surface area contributed by atoms with Gasteiger partial charge in [-0.05, 0) is 36.4 Å². The Balaban J connectivity index is 1.38. The van der Waals surface area contributed by atoms with Gasteiger partial charge >= 0.3 is 12.1 Å². The van der Waals surface area contributed by atoms with Crippen molar-refractivity contribution in [3.63, 3.8) is 0 Å². The highest BCUT2D eigenvalue weighted by molar-refractivity contribution is 5.95. The smallest absolute Gasteiger partial charge is 0.377 e. The van der Waals surface area contributed by atoms with E-state index in [9.17, 15) is 22.8 Å². The number of alkyl halides is 3. The molecule has 4 rings (SSSR count). The Morgan fingerprint density at radius 1 is 1.11 bits per heavy atom. The summed E-state index contributed by atoms with van der Waals surface area (Å²) in [6, 6.07) is 13.5. The summed E-state index contributed by atoms with van der Waals surface area (Å²) >= 11 is 0. The molecule has 35 heavy (non-hydrogen) atoms. The third-order valence-electron chi connectivity index (χ3n) is 5.32. The van der Waals surface area contributed by atoms with Crippen LogP contribution in [0.25, 0.3) is 11.4 Å². The van der Waals surface area contributed by atoms with Crippen molar-refractivity contribution < 1.29 is 32.0 Å². The van der Waals surface area contributed by atoms with Crippen LogP contribution >= 0.6 is 0 Å². The van der Waals surface area contributed by atoms with Crippen molar-refractivity contribution in [2.24, 2.45) is 0 Å². The Hall–Kier alpha value is -4.24. The number of benzene rings is 2. The summed E-state index contributed by atoms with van der Waals surface area (Å²) in [6.07, 6.45) is -4.75. The third-order valence-corrected chi connectivity index (χ3v) is 5.32. The van der Waals surface area contributed by atoms with Crippen molar-refractivity contribution in [2.45, 2.75) is 12.2 Å². The van der Waals surface area contributed by atoms with E-state index in [0.29, 0.717) is 24.3 Å². The minimum atomic E-state index is -4.75. The Kier molecular flexibility index (Phi) is 6.79. The largest absolute Gasteiger partial charge is 0.471 e. The number of carbonyl (C=O) groups excluding carboxylic acids is 2. The third kappa shape index (κ3) is 5.47. The summed E-state index contributed by atoms with van der Waals surface area (Å²) in [6.45, 7) is 1.07. The Labute approximate surface area is 197 Å². The molecule has 1 fully saturated rings. The molecule has 0 aliphatic carbocycles. The van der Waals surface area contributed by atoms with Crippen LogP contribution in [0.15, 0.2) is 53.1 Å². The van der Waals surface area contributed by atoms with Crippen molar-refractivity contribution in [1.82, 2.24) is 20.4 Å². The van der Waals surface area contributed by atoms with Crippen LogP contribution in [0, 0.1) is 11.3 Å². The SMILES string of the molecule is N#Cc1ccc(C(=O)N2CCOC[C@H]2CNC(=O)c2ccc(-c3noc(C(F)(F)F)n3)cc2)cc1. The minimum Gasteiger partial charge on any atom is -0.377 e. The molecule has 1 aromatic heterocycles. The van der Waals surface area contributed by atoms with Gasteiger partial charge in [-0.3, -0.25) is 9.59 Å². The zero-order chi connectivity index (χ0) is 25.0. The van der Waals surface area contributed by atoms with Gasteiger partial charge in [0, 0.05) is 29.8 Å². The number of nitrogens with zero attached hydrogens (tertiary/aromatic N) is 4. The van der Waals surface area contributed by atoms with E-state index in [4.69, 9.17) is 10.00 Å². The fourth-order valence-corrected chi connectivity index (χ4v) is 3.48. The van der Waals surface area contributed by atoms with Crippen LogP contribution in [0.1, 0.15) is 32.2 Å². The highest BCUT2D eigenvalue weighted by Gasteiger charge is 2.38. The zero-order valence-electron chi connectivity index (χ0n) is 18.1. The molecule has 0 radical (unpaired) electrons. The number of hydrogen-bond donors (Lipinski definition) is 1. The molecule has 1 N–H and O–H groups in total. The minimum absolute atomic E-state index is 0.127. The first-order chi connectivity index (χ1) is 16.8. The number of hydrogen-bond acceptors (Lipinski definition) is 7. The molecule has 180 valence electrons. The number of morpholine rings is 1. The Morgan fingerprint density at radius 3 is 2.43 bits per heavy atom. The van der Waals surface area contributed by atoms with Gasteiger partial charge in [0.1, 0.15) is 0 Å². The molecule has 1 aliphatic rings. The number of rotatable bonds is 5. The van der Waals surface area contributed by atoms with Gasteiger partial charge in [-0.15, -0.1) is 0 Å². The maximum absolute atomic E-state index is 12.9. The van der Waals surface area contributed by atoms with Crippen molar-refractivity contribution >= 4 is 11.8 Å². The predicted octanol–water partition coefficient (Wildman–Crippen LogP) is 2.90. The van der Waals surface area contributed by atoms with Gasteiger partial charge in [-0.2, -0.15) is 23.4 Å². The normalized spacial score (nSPS) is 15.9. The number of halogens is 3. The number of nitrogens with one attached hydrogen (secondary N) is 1. The van der Waals surface area contributed by atoms with E-state index in [1.165, 1.54) is 24.3 Å². The summed E-state index contributed by atoms with van der Waals surface area (Å²) in [5.74, 6) is -2.37. The number of ether oxygens (including phenoxy) is 1. The van der Waals surface area contributed by atoms with E-state index in [-0.39, 0.29) is 36.0 Å². The molecule has 2 aromatic carbocycles. The van der Waals surface area contributed by atoms with Gasteiger partial charge in [0.2, 0.25) is 5.82 Å². The molecule has 0 saturated carbocycles. The van der Waals surface area contributed by atoms with E-state index in [0.717, 1.165) is 0 Å². The first kappa shape index (κ1) is 23.9. The van der Waals surface area contributed by atoms with Crippen LogP contribution in [0.5, 0.6) is 0 Å². The highest BCUT2D eigenvalue weighted by Crippen LogP contribution is 2.29. The van der Waals surface area contributed by atoms with Crippen molar-refractivity contribution in [1.29, 1.82) is 5.26 Å².